The lowest BCUT2D eigenvalue weighted by molar-refractivity contribution is 0.271. The maximum Gasteiger partial charge on any atom is 0.149 e. The molecule has 3 atom stereocenters. The van der Waals surface area contributed by atoms with Crippen LogP contribution in [0.1, 0.15) is 19.3 Å². The van der Waals surface area contributed by atoms with E-state index >= 15 is 0 Å². The van der Waals surface area contributed by atoms with Gasteiger partial charge in [0, 0.05) is 5.92 Å². The van der Waals surface area contributed by atoms with Crippen LogP contribution in [0.4, 0.5) is 0 Å². The molecule has 2 fully saturated rings. The molecule has 0 bridgehead atoms. The number of hydrogen-bond donors (Lipinski definition) is 0. The van der Waals surface area contributed by atoms with E-state index in [9.17, 15) is 0 Å². The molecule has 1 heterocycles. The van der Waals surface area contributed by atoms with Crippen molar-refractivity contribution in [3.63, 3.8) is 0 Å². The predicted octanol–water partition coefficient (Wildman–Crippen LogP) is 1.50. The highest BCUT2D eigenvalue weighted by molar-refractivity contribution is 5.38. The second kappa shape index (κ2) is 2.41. The summed E-state index contributed by atoms with van der Waals surface area (Å²) in [6.07, 6.45) is 7.95. The number of ether oxygens (including phenoxy) is 1. The first-order valence-corrected chi connectivity index (χ1v) is 4.77. The van der Waals surface area contributed by atoms with Crippen LogP contribution in [0.2, 0.25) is 0 Å². The van der Waals surface area contributed by atoms with Crippen LogP contribution in [-0.2, 0) is 4.74 Å². The SMILES string of the molecule is C1#C/C=C\C2CCCC23OC3C#C1. The Morgan fingerprint density at radius 2 is 2.38 bits per heavy atom. The molecule has 3 rings (SSSR count). The van der Waals surface area contributed by atoms with Crippen LogP contribution < -0.4 is 0 Å². The summed E-state index contributed by atoms with van der Waals surface area (Å²) in [6.45, 7) is 0. The molecule has 1 saturated heterocycles. The molecular formula is C12H10O. The molecule has 0 N–H and O–H groups in total. The molecule has 1 spiro atoms. The third-order valence-corrected chi connectivity index (χ3v) is 3.18. The topological polar surface area (TPSA) is 12.5 Å². The molecule has 13 heavy (non-hydrogen) atoms. The zero-order valence-corrected chi connectivity index (χ0v) is 7.34. The Hall–Kier alpha value is -1.18. The summed E-state index contributed by atoms with van der Waals surface area (Å²) in [5, 5.41) is 0. The molecule has 1 saturated carbocycles. The molecule has 2 aliphatic carbocycles. The first-order chi connectivity index (χ1) is 6.42. The van der Waals surface area contributed by atoms with E-state index in [0.717, 1.165) is 0 Å². The van der Waals surface area contributed by atoms with E-state index in [-0.39, 0.29) is 11.7 Å². The van der Waals surface area contributed by atoms with Gasteiger partial charge in [-0.15, -0.1) is 0 Å². The van der Waals surface area contributed by atoms with Crippen molar-refractivity contribution in [2.24, 2.45) is 5.92 Å². The van der Waals surface area contributed by atoms with Gasteiger partial charge in [0.2, 0.25) is 0 Å². The van der Waals surface area contributed by atoms with Gasteiger partial charge in [0.05, 0.1) is 0 Å². The van der Waals surface area contributed by atoms with Crippen molar-refractivity contribution in [1.29, 1.82) is 0 Å². The fraction of sp³-hybridized carbons (Fsp3) is 0.500. The van der Waals surface area contributed by atoms with Crippen molar-refractivity contribution in [3.05, 3.63) is 12.2 Å². The van der Waals surface area contributed by atoms with Gasteiger partial charge in [0.15, 0.2) is 0 Å². The Kier molecular flexibility index (Phi) is 1.34. The largest absolute Gasteiger partial charge is 0.352 e. The average Bonchev–Trinajstić information content (AvgIpc) is 2.65. The molecule has 1 aliphatic heterocycles. The quantitative estimate of drug-likeness (QED) is 0.396. The maximum absolute atomic E-state index is 5.71. The highest BCUT2D eigenvalue weighted by atomic mass is 16.6. The molecule has 0 radical (unpaired) electrons. The van der Waals surface area contributed by atoms with Gasteiger partial charge in [0.25, 0.3) is 0 Å². The Labute approximate surface area is 78.2 Å². The third kappa shape index (κ3) is 0.947. The minimum atomic E-state index is 0.0806. The first kappa shape index (κ1) is 7.25. The second-order valence-corrected chi connectivity index (χ2v) is 3.85. The number of allylic oxidation sites excluding steroid dienone is 1. The van der Waals surface area contributed by atoms with Gasteiger partial charge in [-0.1, -0.05) is 17.9 Å². The normalized spacial score (nSPS) is 46.2. The van der Waals surface area contributed by atoms with Gasteiger partial charge in [-0.05, 0) is 37.2 Å². The van der Waals surface area contributed by atoms with Crippen LogP contribution in [0.3, 0.4) is 0 Å². The molecular weight excluding hydrogens is 160 g/mol. The summed E-state index contributed by atoms with van der Waals surface area (Å²) in [5.41, 5.74) is 0.0806. The Balaban J connectivity index is 2.00. The van der Waals surface area contributed by atoms with Gasteiger partial charge in [0.1, 0.15) is 11.7 Å². The van der Waals surface area contributed by atoms with Crippen LogP contribution in [0.15, 0.2) is 12.2 Å². The number of rotatable bonds is 0. The van der Waals surface area contributed by atoms with Gasteiger partial charge < -0.3 is 4.74 Å². The smallest absolute Gasteiger partial charge is 0.149 e. The Morgan fingerprint density at radius 1 is 1.38 bits per heavy atom. The third-order valence-electron chi connectivity index (χ3n) is 3.18. The minimum absolute atomic E-state index is 0.0806. The monoisotopic (exact) mass is 170 g/mol. The van der Waals surface area contributed by atoms with E-state index < -0.39 is 0 Å². The lowest BCUT2D eigenvalue weighted by Gasteiger charge is -2.09. The Morgan fingerprint density at radius 3 is 3.38 bits per heavy atom. The number of hydrogen-bond acceptors (Lipinski definition) is 1. The molecule has 1 heteroatoms. The summed E-state index contributed by atoms with van der Waals surface area (Å²) in [5.74, 6) is 12.2. The minimum Gasteiger partial charge on any atom is -0.352 e. The molecule has 64 valence electrons. The highest BCUT2D eigenvalue weighted by Crippen LogP contribution is 2.53. The fourth-order valence-electron chi connectivity index (χ4n) is 2.44. The van der Waals surface area contributed by atoms with Crippen molar-refractivity contribution in [3.8, 4) is 23.7 Å². The van der Waals surface area contributed by atoms with Crippen molar-refractivity contribution in [2.75, 3.05) is 0 Å². The second-order valence-electron chi connectivity index (χ2n) is 3.85. The summed E-state index contributed by atoms with van der Waals surface area (Å²) < 4.78 is 5.71. The van der Waals surface area contributed by atoms with Crippen LogP contribution in [0.25, 0.3) is 0 Å². The van der Waals surface area contributed by atoms with Gasteiger partial charge in [-0.2, -0.15) is 0 Å². The van der Waals surface area contributed by atoms with E-state index in [0.29, 0.717) is 5.92 Å². The molecule has 0 aromatic heterocycles. The molecule has 0 amide bonds. The first-order valence-electron chi connectivity index (χ1n) is 4.77. The maximum atomic E-state index is 5.71. The molecule has 0 aromatic carbocycles. The van der Waals surface area contributed by atoms with Crippen molar-refractivity contribution >= 4 is 0 Å². The molecule has 1 nitrogen and oxygen atoms in total. The number of epoxide rings is 1. The highest BCUT2D eigenvalue weighted by Gasteiger charge is 2.61. The van der Waals surface area contributed by atoms with E-state index in [2.05, 4.69) is 29.8 Å². The van der Waals surface area contributed by atoms with Crippen molar-refractivity contribution in [1.82, 2.24) is 0 Å². The zero-order valence-electron chi connectivity index (χ0n) is 7.34. The standard InChI is InChI=1S/C12H10O/c1-2-4-8-11-12(13-11)9-5-7-10(12)6-3-1/h3,6,10-11H,5,7,9H2/b6-3-. The molecule has 3 unspecified atom stereocenters. The van der Waals surface area contributed by atoms with E-state index in [1.54, 1.807) is 0 Å². The summed E-state index contributed by atoms with van der Waals surface area (Å²) >= 11 is 0. The predicted molar refractivity (Wildman–Crippen MR) is 49.6 cm³/mol. The molecule has 0 aromatic rings. The lowest BCUT2D eigenvalue weighted by atomic mass is 9.92. The lowest BCUT2D eigenvalue weighted by Crippen LogP contribution is -2.18. The molecule has 3 aliphatic rings. The van der Waals surface area contributed by atoms with Gasteiger partial charge in [-0.25, -0.2) is 0 Å². The van der Waals surface area contributed by atoms with Gasteiger partial charge in [-0.3, -0.25) is 0 Å². The fourth-order valence-corrected chi connectivity index (χ4v) is 2.44. The summed E-state index contributed by atoms with van der Waals surface area (Å²) in [4.78, 5) is 0. The van der Waals surface area contributed by atoms with Gasteiger partial charge >= 0.3 is 0 Å². The Bertz CT molecular complexity index is 385. The van der Waals surface area contributed by atoms with Crippen LogP contribution in [0.5, 0.6) is 0 Å². The van der Waals surface area contributed by atoms with Crippen LogP contribution >= 0.6 is 0 Å². The summed E-state index contributed by atoms with van der Waals surface area (Å²) in [7, 11) is 0. The van der Waals surface area contributed by atoms with E-state index in [1.807, 2.05) is 6.08 Å². The zero-order chi connectivity index (χ0) is 8.73. The van der Waals surface area contributed by atoms with E-state index in [1.165, 1.54) is 19.3 Å². The van der Waals surface area contributed by atoms with Crippen LogP contribution in [0, 0.1) is 29.6 Å². The van der Waals surface area contributed by atoms with E-state index in [4.69, 9.17) is 4.74 Å². The van der Waals surface area contributed by atoms with Crippen LogP contribution in [-0.4, -0.2) is 11.7 Å². The average molecular weight is 170 g/mol. The van der Waals surface area contributed by atoms with Crippen molar-refractivity contribution in [2.45, 2.75) is 31.0 Å². The van der Waals surface area contributed by atoms with Crippen molar-refractivity contribution < 1.29 is 4.74 Å². The summed E-state index contributed by atoms with van der Waals surface area (Å²) in [6, 6.07) is 0.